The fourth-order valence-corrected chi connectivity index (χ4v) is 4.92. The molecule has 0 amide bonds. The van der Waals surface area contributed by atoms with Gasteiger partial charge in [-0.3, -0.25) is 4.79 Å². The smallest absolute Gasteiger partial charge is 0.239 e. The molecule has 0 aliphatic carbocycles. The van der Waals surface area contributed by atoms with E-state index in [1.54, 1.807) is 0 Å². The summed E-state index contributed by atoms with van der Waals surface area (Å²) in [5.74, 6) is -3.29. The maximum Gasteiger partial charge on any atom is 0.239 e. The number of hydrogen-bond acceptors (Lipinski definition) is 16. The highest BCUT2D eigenvalue weighted by Crippen LogP contribution is 2.40. The molecule has 16 nitrogen and oxygen atoms in total. The first-order valence-electron chi connectivity index (χ1n) is 13.0. The van der Waals surface area contributed by atoms with E-state index in [-0.39, 0.29) is 16.9 Å². The fourth-order valence-electron chi connectivity index (χ4n) is 4.92. The van der Waals surface area contributed by atoms with Gasteiger partial charge in [0.2, 0.25) is 17.5 Å². The van der Waals surface area contributed by atoms with Crippen LogP contribution >= 0.6 is 0 Å². The first-order valence-corrected chi connectivity index (χ1v) is 13.0. The molecule has 0 spiro atoms. The first-order chi connectivity index (χ1) is 20.3. The molecule has 43 heavy (non-hydrogen) atoms. The molecule has 2 aliphatic rings. The maximum atomic E-state index is 13.7. The Bertz CT molecular complexity index is 1540. The van der Waals surface area contributed by atoms with Crippen LogP contribution in [0.1, 0.15) is 6.92 Å². The first kappa shape index (κ1) is 30.7. The third-order valence-electron chi connectivity index (χ3n) is 7.31. The SMILES string of the molecule is C[C@H]1OC(Oc2c(-c3ccc(O)c(O)c3)oc3cc(O)cc(O)c3c2=O)[C@@H](O[C@@H]2O[C@H](CO)[C@@H](O)[C@H](O)[C@H]2O)[C@@H](O)[C@@H]1O. The Hall–Kier alpha value is -3.71. The van der Waals surface area contributed by atoms with Crippen LogP contribution in [0.15, 0.2) is 39.5 Å². The number of rotatable bonds is 6. The predicted octanol–water partition coefficient (Wildman–Crippen LogP) is -1.69. The van der Waals surface area contributed by atoms with Gasteiger partial charge >= 0.3 is 0 Å². The number of aliphatic hydroxyl groups is 6. The number of hydrogen-bond donors (Lipinski definition) is 10. The molecule has 2 fully saturated rings. The summed E-state index contributed by atoms with van der Waals surface area (Å²) in [4.78, 5) is 13.7. The van der Waals surface area contributed by atoms with Gasteiger partial charge in [-0.05, 0) is 25.1 Å². The maximum absolute atomic E-state index is 13.7. The minimum atomic E-state index is -1.91. The van der Waals surface area contributed by atoms with E-state index in [4.69, 9.17) is 23.4 Å². The number of aromatic hydroxyl groups is 4. The van der Waals surface area contributed by atoms with Crippen molar-refractivity contribution in [1.82, 2.24) is 0 Å². The Morgan fingerprint density at radius 1 is 0.791 bits per heavy atom. The van der Waals surface area contributed by atoms with Gasteiger partial charge in [0.25, 0.3) is 0 Å². The van der Waals surface area contributed by atoms with Crippen molar-refractivity contribution in [3.8, 4) is 40.1 Å². The number of phenolic OH excluding ortho intramolecular Hbond substituents is 4. The van der Waals surface area contributed by atoms with Crippen LogP contribution in [0.4, 0.5) is 0 Å². The van der Waals surface area contributed by atoms with Crippen LogP contribution < -0.4 is 10.2 Å². The summed E-state index contributed by atoms with van der Waals surface area (Å²) in [5.41, 5.74) is -1.33. The zero-order valence-electron chi connectivity index (χ0n) is 22.3. The van der Waals surface area contributed by atoms with E-state index in [0.29, 0.717) is 0 Å². The van der Waals surface area contributed by atoms with Crippen LogP contribution in [0.2, 0.25) is 0 Å². The summed E-state index contributed by atoms with van der Waals surface area (Å²) < 4.78 is 28.3. The van der Waals surface area contributed by atoms with Gasteiger partial charge in [0.05, 0.1) is 12.7 Å². The molecule has 1 aromatic heterocycles. The van der Waals surface area contributed by atoms with Gasteiger partial charge in [-0.1, -0.05) is 0 Å². The summed E-state index contributed by atoms with van der Waals surface area (Å²) in [5, 5.41) is 101. The second-order valence-electron chi connectivity index (χ2n) is 10.2. The molecule has 234 valence electrons. The fraction of sp³-hybridized carbons (Fsp3) is 0.444. The van der Waals surface area contributed by atoms with Gasteiger partial charge in [-0.25, -0.2) is 0 Å². The van der Waals surface area contributed by atoms with E-state index in [9.17, 15) is 55.9 Å². The van der Waals surface area contributed by atoms with Crippen LogP contribution in [0.5, 0.6) is 28.7 Å². The Labute approximate surface area is 241 Å². The van der Waals surface area contributed by atoms with Crippen molar-refractivity contribution >= 4 is 11.0 Å². The van der Waals surface area contributed by atoms with Crippen LogP contribution in [-0.4, -0.2) is 119 Å². The number of fused-ring (bicyclic) bond motifs is 1. The van der Waals surface area contributed by atoms with Crippen molar-refractivity contribution in [1.29, 1.82) is 0 Å². The molecule has 16 heteroatoms. The van der Waals surface area contributed by atoms with Crippen molar-refractivity contribution < 1.29 is 74.4 Å². The van der Waals surface area contributed by atoms with Gasteiger partial charge in [-0.2, -0.15) is 0 Å². The molecular formula is C27H30O16. The molecule has 10 atom stereocenters. The Kier molecular flexibility index (Phi) is 8.41. The van der Waals surface area contributed by atoms with E-state index in [0.717, 1.165) is 24.3 Å². The Balaban J connectivity index is 1.60. The lowest BCUT2D eigenvalue weighted by Crippen LogP contribution is -2.64. The molecule has 2 aromatic carbocycles. The van der Waals surface area contributed by atoms with E-state index < -0.39 is 108 Å². The molecule has 1 unspecified atom stereocenters. The van der Waals surface area contributed by atoms with Crippen LogP contribution in [0.25, 0.3) is 22.3 Å². The monoisotopic (exact) mass is 610 g/mol. The third kappa shape index (κ3) is 5.55. The van der Waals surface area contributed by atoms with Gasteiger partial charge in [0, 0.05) is 17.7 Å². The second kappa shape index (κ2) is 11.8. The average molecular weight is 611 g/mol. The lowest BCUT2D eigenvalue weighted by atomic mass is 9.97. The van der Waals surface area contributed by atoms with Crippen molar-refractivity contribution in [2.24, 2.45) is 0 Å². The zero-order valence-corrected chi connectivity index (χ0v) is 22.3. The van der Waals surface area contributed by atoms with E-state index in [1.165, 1.54) is 13.0 Å². The van der Waals surface area contributed by atoms with Crippen LogP contribution in [0.3, 0.4) is 0 Å². The van der Waals surface area contributed by atoms with Gasteiger partial charge in [0.15, 0.2) is 29.7 Å². The highest BCUT2D eigenvalue weighted by Gasteiger charge is 2.51. The normalized spacial score (nSPS) is 33.0. The summed E-state index contributed by atoms with van der Waals surface area (Å²) in [7, 11) is 0. The standard InChI is InChI=1S/C27H30O16/c1-8-17(33)21(37)25(43-26-22(38)20(36)18(34)15(7-28)41-26)27(39-8)42-24-19(35)16-13(32)5-10(29)6-14(16)40-23(24)9-2-3-11(30)12(31)4-9/h2-6,8,15,17-18,20-22,25-34,36-38H,7H2,1H3/t8-,15-,17-,18-,20+,21+,22-,25+,26+,27?/m1/s1. The minimum Gasteiger partial charge on any atom is -0.508 e. The number of benzene rings is 2. The predicted molar refractivity (Wildman–Crippen MR) is 140 cm³/mol. The molecule has 0 saturated carbocycles. The zero-order chi connectivity index (χ0) is 31.3. The average Bonchev–Trinajstić information content (AvgIpc) is 2.96. The van der Waals surface area contributed by atoms with Gasteiger partial charge in [-0.15, -0.1) is 0 Å². The highest BCUT2D eigenvalue weighted by atomic mass is 16.8. The summed E-state index contributed by atoms with van der Waals surface area (Å²) in [6.45, 7) is 0.582. The number of ether oxygens (including phenoxy) is 4. The highest BCUT2D eigenvalue weighted by molar-refractivity contribution is 5.88. The van der Waals surface area contributed by atoms with Gasteiger partial charge < -0.3 is 74.4 Å². The quantitative estimate of drug-likeness (QED) is 0.140. The Morgan fingerprint density at radius 3 is 2.19 bits per heavy atom. The molecule has 10 N–H and O–H groups in total. The van der Waals surface area contributed by atoms with E-state index >= 15 is 0 Å². The number of phenols is 4. The van der Waals surface area contributed by atoms with Gasteiger partial charge in [0.1, 0.15) is 59.1 Å². The summed E-state index contributed by atoms with van der Waals surface area (Å²) in [6.07, 6.45) is -16.8. The van der Waals surface area contributed by atoms with E-state index in [1.807, 2.05) is 0 Å². The topological polar surface area (TPSA) is 269 Å². The number of aliphatic hydroxyl groups excluding tert-OH is 6. The molecule has 2 aliphatic heterocycles. The molecule has 0 radical (unpaired) electrons. The van der Waals surface area contributed by atoms with Crippen molar-refractivity contribution in [2.75, 3.05) is 6.61 Å². The lowest BCUT2D eigenvalue weighted by molar-refractivity contribution is -0.355. The Morgan fingerprint density at radius 2 is 1.51 bits per heavy atom. The van der Waals surface area contributed by atoms with Crippen LogP contribution in [-0.2, 0) is 14.2 Å². The summed E-state index contributed by atoms with van der Waals surface area (Å²) in [6, 6.07) is 5.27. The van der Waals surface area contributed by atoms with E-state index in [2.05, 4.69) is 0 Å². The largest absolute Gasteiger partial charge is 0.508 e. The molecule has 0 bridgehead atoms. The molecule has 3 heterocycles. The second-order valence-corrected chi connectivity index (χ2v) is 10.2. The molecule has 2 saturated heterocycles. The third-order valence-corrected chi connectivity index (χ3v) is 7.31. The molecular weight excluding hydrogens is 580 g/mol. The van der Waals surface area contributed by atoms with Crippen LogP contribution in [0, 0.1) is 0 Å². The van der Waals surface area contributed by atoms with Crippen molar-refractivity contribution in [3.05, 3.63) is 40.6 Å². The van der Waals surface area contributed by atoms with Crippen molar-refractivity contribution in [2.45, 2.75) is 68.3 Å². The minimum absolute atomic E-state index is 0.0250. The molecule has 3 aromatic rings. The summed E-state index contributed by atoms with van der Waals surface area (Å²) >= 11 is 0. The van der Waals surface area contributed by atoms with Crippen molar-refractivity contribution in [3.63, 3.8) is 0 Å². The lowest BCUT2D eigenvalue weighted by Gasteiger charge is -2.45. The molecule has 5 rings (SSSR count).